The first-order valence-electron chi connectivity index (χ1n) is 7.12. The smallest absolute Gasteiger partial charge is 0.242 e. The molecule has 0 radical (unpaired) electrons. The molecule has 5 nitrogen and oxygen atoms in total. The third kappa shape index (κ3) is 2.35. The number of nitrogens with zero attached hydrogens (tertiary/aromatic N) is 2. The molecule has 3 rings (SSSR count). The van der Waals surface area contributed by atoms with E-state index in [1.165, 1.54) is 6.42 Å². The minimum Gasteiger partial charge on any atom is -0.399 e. The SMILES string of the molecule is Nc1ccc2c(c1)CC(=O)N2CC(=O)N1CCCCC1. The molecule has 0 atom stereocenters. The van der Waals surface area contributed by atoms with Gasteiger partial charge in [-0.05, 0) is 43.0 Å². The van der Waals surface area contributed by atoms with E-state index in [1.807, 2.05) is 17.0 Å². The molecule has 2 aliphatic rings. The van der Waals surface area contributed by atoms with Crippen molar-refractivity contribution < 1.29 is 9.59 Å². The molecule has 2 N–H and O–H groups in total. The average Bonchev–Trinajstić information content (AvgIpc) is 2.75. The summed E-state index contributed by atoms with van der Waals surface area (Å²) in [6.07, 6.45) is 3.65. The molecule has 1 fully saturated rings. The summed E-state index contributed by atoms with van der Waals surface area (Å²) in [5.74, 6) is 0.0266. The van der Waals surface area contributed by atoms with Gasteiger partial charge in [0.2, 0.25) is 11.8 Å². The number of piperidine rings is 1. The van der Waals surface area contributed by atoms with Crippen LogP contribution in [-0.2, 0) is 16.0 Å². The average molecular weight is 273 g/mol. The van der Waals surface area contributed by atoms with Crippen LogP contribution in [0.3, 0.4) is 0 Å². The Morgan fingerprint density at radius 2 is 1.95 bits per heavy atom. The highest BCUT2D eigenvalue weighted by atomic mass is 16.2. The maximum atomic E-state index is 12.3. The zero-order valence-corrected chi connectivity index (χ0v) is 11.5. The number of fused-ring (bicyclic) bond motifs is 1. The van der Waals surface area contributed by atoms with Gasteiger partial charge in [0.1, 0.15) is 6.54 Å². The van der Waals surface area contributed by atoms with Gasteiger partial charge in [-0.15, -0.1) is 0 Å². The van der Waals surface area contributed by atoms with Gasteiger partial charge in [0, 0.05) is 24.5 Å². The largest absolute Gasteiger partial charge is 0.399 e. The number of benzene rings is 1. The van der Waals surface area contributed by atoms with E-state index >= 15 is 0 Å². The molecular weight excluding hydrogens is 254 g/mol. The molecule has 2 aliphatic heterocycles. The summed E-state index contributed by atoms with van der Waals surface area (Å²) in [5, 5.41) is 0. The van der Waals surface area contributed by atoms with Crippen LogP contribution in [0.5, 0.6) is 0 Å². The number of nitrogen functional groups attached to an aromatic ring is 1. The summed E-state index contributed by atoms with van der Waals surface area (Å²) in [4.78, 5) is 27.8. The summed E-state index contributed by atoms with van der Waals surface area (Å²) < 4.78 is 0. The van der Waals surface area contributed by atoms with E-state index < -0.39 is 0 Å². The lowest BCUT2D eigenvalue weighted by Crippen LogP contribution is -2.43. The third-order valence-electron chi connectivity index (χ3n) is 4.04. The van der Waals surface area contributed by atoms with Crippen LogP contribution in [0.4, 0.5) is 11.4 Å². The molecular formula is C15H19N3O2. The Kier molecular flexibility index (Phi) is 3.34. The summed E-state index contributed by atoms with van der Waals surface area (Å²) in [6, 6.07) is 5.42. The lowest BCUT2D eigenvalue weighted by atomic mass is 10.1. The van der Waals surface area contributed by atoms with Crippen LogP contribution >= 0.6 is 0 Å². The van der Waals surface area contributed by atoms with Crippen molar-refractivity contribution >= 4 is 23.2 Å². The quantitative estimate of drug-likeness (QED) is 0.823. The molecule has 1 aromatic carbocycles. The summed E-state index contributed by atoms with van der Waals surface area (Å²) in [6.45, 7) is 1.78. The first kappa shape index (κ1) is 13.0. The first-order valence-corrected chi connectivity index (χ1v) is 7.12. The van der Waals surface area contributed by atoms with Gasteiger partial charge in [-0.25, -0.2) is 0 Å². The van der Waals surface area contributed by atoms with E-state index in [0.717, 1.165) is 37.2 Å². The van der Waals surface area contributed by atoms with Gasteiger partial charge in [0.25, 0.3) is 0 Å². The predicted octanol–water partition coefficient (Wildman–Crippen LogP) is 1.17. The third-order valence-corrected chi connectivity index (χ3v) is 4.04. The number of amides is 2. The highest BCUT2D eigenvalue weighted by Gasteiger charge is 2.30. The maximum absolute atomic E-state index is 12.3. The van der Waals surface area contributed by atoms with Crippen molar-refractivity contribution in [2.24, 2.45) is 0 Å². The van der Waals surface area contributed by atoms with E-state index in [1.54, 1.807) is 11.0 Å². The zero-order valence-electron chi connectivity index (χ0n) is 11.5. The molecule has 0 bridgehead atoms. The van der Waals surface area contributed by atoms with Crippen LogP contribution < -0.4 is 10.6 Å². The molecule has 2 amide bonds. The van der Waals surface area contributed by atoms with Crippen molar-refractivity contribution in [3.63, 3.8) is 0 Å². The predicted molar refractivity (Wildman–Crippen MR) is 77.3 cm³/mol. The second-order valence-electron chi connectivity index (χ2n) is 5.49. The molecule has 1 saturated heterocycles. The standard InChI is InChI=1S/C15H19N3O2/c16-12-4-5-13-11(8-12)9-14(19)18(13)10-15(20)17-6-2-1-3-7-17/h4-5,8H,1-3,6-7,9-10,16H2. The molecule has 0 aliphatic carbocycles. The van der Waals surface area contributed by atoms with E-state index in [9.17, 15) is 9.59 Å². The minimum atomic E-state index is -0.0176. The monoisotopic (exact) mass is 273 g/mol. The van der Waals surface area contributed by atoms with Crippen molar-refractivity contribution in [2.45, 2.75) is 25.7 Å². The highest BCUT2D eigenvalue weighted by Crippen LogP contribution is 2.30. The van der Waals surface area contributed by atoms with Crippen LogP contribution in [0.25, 0.3) is 0 Å². The number of carbonyl (C=O) groups excluding carboxylic acids is 2. The molecule has 106 valence electrons. The fraction of sp³-hybridized carbons (Fsp3) is 0.467. The Hall–Kier alpha value is -2.04. The van der Waals surface area contributed by atoms with Crippen molar-refractivity contribution in [1.82, 2.24) is 4.90 Å². The van der Waals surface area contributed by atoms with Crippen molar-refractivity contribution in [3.8, 4) is 0 Å². The molecule has 5 heteroatoms. The van der Waals surface area contributed by atoms with E-state index in [-0.39, 0.29) is 18.4 Å². The van der Waals surface area contributed by atoms with Crippen LogP contribution in [0.1, 0.15) is 24.8 Å². The topological polar surface area (TPSA) is 66.6 Å². The van der Waals surface area contributed by atoms with Gasteiger partial charge in [0.05, 0.1) is 6.42 Å². The molecule has 20 heavy (non-hydrogen) atoms. The number of hydrogen-bond donors (Lipinski definition) is 1. The lowest BCUT2D eigenvalue weighted by Gasteiger charge is -2.28. The summed E-state index contributed by atoms with van der Waals surface area (Å²) in [7, 11) is 0. The van der Waals surface area contributed by atoms with Crippen LogP contribution in [-0.4, -0.2) is 36.3 Å². The minimum absolute atomic E-state index is 0.0176. The Labute approximate surface area is 118 Å². The Morgan fingerprint density at radius 1 is 1.20 bits per heavy atom. The van der Waals surface area contributed by atoms with E-state index in [0.29, 0.717) is 12.1 Å². The number of rotatable bonds is 2. The van der Waals surface area contributed by atoms with Gasteiger partial charge in [-0.3, -0.25) is 9.59 Å². The number of nitrogens with two attached hydrogens (primary N) is 1. The molecule has 0 aromatic heterocycles. The second kappa shape index (κ2) is 5.15. The van der Waals surface area contributed by atoms with Crippen LogP contribution in [0.2, 0.25) is 0 Å². The number of anilines is 2. The van der Waals surface area contributed by atoms with Crippen LogP contribution in [0.15, 0.2) is 18.2 Å². The first-order chi connectivity index (χ1) is 9.65. The fourth-order valence-electron chi connectivity index (χ4n) is 2.95. The number of likely N-dealkylation sites (tertiary alicyclic amines) is 1. The molecule has 0 unspecified atom stereocenters. The zero-order chi connectivity index (χ0) is 14.1. The Morgan fingerprint density at radius 3 is 2.70 bits per heavy atom. The van der Waals surface area contributed by atoms with Gasteiger partial charge in [-0.2, -0.15) is 0 Å². The molecule has 0 saturated carbocycles. The number of carbonyl (C=O) groups is 2. The van der Waals surface area contributed by atoms with E-state index in [4.69, 9.17) is 5.73 Å². The van der Waals surface area contributed by atoms with Gasteiger partial charge >= 0.3 is 0 Å². The van der Waals surface area contributed by atoms with Gasteiger partial charge in [-0.1, -0.05) is 0 Å². The summed E-state index contributed by atoms with van der Waals surface area (Å²) in [5.41, 5.74) is 8.13. The normalized spacial score (nSPS) is 18.3. The van der Waals surface area contributed by atoms with Crippen molar-refractivity contribution in [1.29, 1.82) is 0 Å². The Bertz CT molecular complexity index is 550. The van der Waals surface area contributed by atoms with Crippen molar-refractivity contribution in [2.75, 3.05) is 30.3 Å². The maximum Gasteiger partial charge on any atom is 0.242 e. The van der Waals surface area contributed by atoms with Gasteiger partial charge < -0.3 is 15.5 Å². The van der Waals surface area contributed by atoms with Gasteiger partial charge in [0.15, 0.2) is 0 Å². The number of hydrogen-bond acceptors (Lipinski definition) is 3. The van der Waals surface area contributed by atoms with E-state index in [2.05, 4.69) is 0 Å². The summed E-state index contributed by atoms with van der Waals surface area (Å²) >= 11 is 0. The molecule has 1 aromatic rings. The second-order valence-corrected chi connectivity index (χ2v) is 5.49. The molecule has 2 heterocycles. The highest BCUT2D eigenvalue weighted by molar-refractivity contribution is 6.05. The van der Waals surface area contributed by atoms with Crippen LogP contribution in [0, 0.1) is 0 Å². The lowest BCUT2D eigenvalue weighted by molar-refractivity contribution is -0.132. The molecule has 0 spiro atoms. The van der Waals surface area contributed by atoms with Crippen molar-refractivity contribution in [3.05, 3.63) is 23.8 Å². The Balaban J connectivity index is 1.74. The fourth-order valence-corrected chi connectivity index (χ4v) is 2.95.